The Hall–Kier alpha value is -2.16. The maximum atomic E-state index is 12.4. The van der Waals surface area contributed by atoms with Crippen molar-refractivity contribution in [2.45, 2.75) is 4.90 Å². The van der Waals surface area contributed by atoms with Crippen LogP contribution in [0.25, 0.3) is 10.6 Å². The van der Waals surface area contributed by atoms with E-state index in [0.717, 1.165) is 21.2 Å². The first-order valence-electron chi connectivity index (χ1n) is 7.05. The molecule has 8 heteroatoms. The van der Waals surface area contributed by atoms with E-state index in [4.69, 9.17) is 0 Å². The predicted molar refractivity (Wildman–Crippen MR) is 99.2 cm³/mol. The molecule has 4 rings (SSSR count). The second-order valence-corrected chi connectivity index (χ2v) is 7.71. The van der Waals surface area contributed by atoms with E-state index in [1.54, 1.807) is 22.8 Å². The maximum Gasteiger partial charge on any atom is 0.275 e. The molecule has 2 amide bonds. The van der Waals surface area contributed by atoms with Gasteiger partial charge in [-0.1, -0.05) is 0 Å². The summed E-state index contributed by atoms with van der Waals surface area (Å²) in [6.07, 6.45) is 0. The number of carbonyl (C=O) groups is 2. The van der Waals surface area contributed by atoms with Crippen LogP contribution in [0.3, 0.4) is 0 Å². The zero-order valence-electron chi connectivity index (χ0n) is 12.2. The monoisotopic (exact) mass is 373 g/mol. The van der Waals surface area contributed by atoms with Crippen LogP contribution in [-0.4, -0.2) is 22.6 Å². The summed E-state index contributed by atoms with van der Waals surface area (Å²) >= 11 is 4.53. The van der Waals surface area contributed by atoms with Crippen molar-refractivity contribution in [3.8, 4) is 10.6 Å². The molecular formula is C16H11N3O2S3. The Bertz CT molecular complexity index is 919. The van der Waals surface area contributed by atoms with Crippen molar-refractivity contribution < 1.29 is 9.59 Å². The first kappa shape index (κ1) is 15.4. The quantitative estimate of drug-likeness (QED) is 0.723. The van der Waals surface area contributed by atoms with E-state index in [1.807, 2.05) is 29.0 Å². The van der Waals surface area contributed by atoms with E-state index in [-0.39, 0.29) is 11.8 Å². The Balaban J connectivity index is 1.52. The number of aromatic nitrogens is 1. The molecule has 2 N–H and O–H groups in total. The summed E-state index contributed by atoms with van der Waals surface area (Å²) in [5.74, 6) is 0.126. The lowest BCUT2D eigenvalue weighted by Crippen LogP contribution is -2.19. The fourth-order valence-electron chi connectivity index (χ4n) is 2.25. The van der Waals surface area contributed by atoms with Gasteiger partial charge in [0.05, 0.1) is 11.4 Å². The number of nitrogens with zero attached hydrogens (tertiary/aromatic N) is 1. The van der Waals surface area contributed by atoms with Gasteiger partial charge in [0.1, 0.15) is 10.7 Å². The number of fused-ring (bicyclic) bond motifs is 1. The molecule has 0 atom stereocenters. The van der Waals surface area contributed by atoms with E-state index < -0.39 is 0 Å². The fourth-order valence-corrected chi connectivity index (χ4v) is 4.55. The molecule has 0 radical (unpaired) electrons. The second-order valence-electron chi connectivity index (χ2n) is 5.05. The van der Waals surface area contributed by atoms with Crippen molar-refractivity contribution in [3.63, 3.8) is 0 Å². The van der Waals surface area contributed by atoms with Crippen molar-refractivity contribution in [1.29, 1.82) is 0 Å². The van der Waals surface area contributed by atoms with Crippen LogP contribution in [0, 0.1) is 0 Å². The highest BCUT2D eigenvalue weighted by Gasteiger charge is 2.17. The minimum Gasteiger partial charge on any atom is -0.324 e. The Labute approximate surface area is 150 Å². The highest BCUT2D eigenvalue weighted by Crippen LogP contribution is 2.33. The largest absolute Gasteiger partial charge is 0.324 e. The number of carbonyl (C=O) groups excluding carboxylic acids is 2. The smallest absolute Gasteiger partial charge is 0.275 e. The second kappa shape index (κ2) is 6.39. The summed E-state index contributed by atoms with van der Waals surface area (Å²) in [6, 6.07) is 7.47. The number of anilines is 2. The van der Waals surface area contributed by atoms with E-state index in [9.17, 15) is 9.59 Å². The third-order valence-electron chi connectivity index (χ3n) is 3.38. The number of thioether (sulfide) groups is 1. The highest BCUT2D eigenvalue weighted by molar-refractivity contribution is 8.00. The Morgan fingerprint density at radius 1 is 1.25 bits per heavy atom. The number of hydrogen-bond acceptors (Lipinski definition) is 6. The van der Waals surface area contributed by atoms with E-state index in [1.165, 1.54) is 23.1 Å². The summed E-state index contributed by atoms with van der Waals surface area (Å²) in [5, 5.41) is 12.2. The van der Waals surface area contributed by atoms with Crippen LogP contribution in [-0.2, 0) is 4.79 Å². The molecular weight excluding hydrogens is 362 g/mol. The number of amides is 2. The van der Waals surface area contributed by atoms with Gasteiger partial charge in [-0.25, -0.2) is 4.98 Å². The third-order valence-corrected chi connectivity index (χ3v) is 6.02. The summed E-state index contributed by atoms with van der Waals surface area (Å²) < 4.78 is 0. The van der Waals surface area contributed by atoms with Gasteiger partial charge in [-0.3, -0.25) is 9.59 Å². The number of hydrogen-bond donors (Lipinski definition) is 2. The minimum absolute atomic E-state index is 0.0316. The molecule has 0 unspecified atom stereocenters. The van der Waals surface area contributed by atoms with Crippen LogP contribution in [0.5, 0.6) is 0 Å². The molecule has 0 saturated carbocycles. The van der Waals surface area contributed by atoms with Crippen molar-refractivity contribution in [1.82, 2.24) is 4.98 Å². The van der Waals surface area contributed by atoms with Crippen LogP contribution >= 0.6 is 34.4 Å². The van der Waals surface area contributed by atoms with Gasteiger partial charge in [-0.15, -0.1) is 23.1 Å². The maximum absolute atomic E-state index is 12.4. The molecule has 0 spiro atoms. The molecule has 0 aliphatic carbocycles. The molecule has 0 bridgehead atoms. The normalized spacial score (nSPS) is 13.2. The van der Waals surface area contributed by atoms with Gasteiger partial charge in [0.25, 0.3) is 5.91 Å². The van der Waals surface area contributed by atoms with Crippen LogP contribution in [0.2, 0.25) is 0 Å². The van der Waals surface area contributed by atoms with Gasteiger partial charge < -0.3 is 10.6 Å². The molecule has 1 aromatic carbocycles. The molecule has 3 heterocycles. The number of nitrogens with one attached hydrogen (secondary N) is 2. The first-order valence-corrected chi connectivity index (χ1v) is 9.86. The van der Waals surface area contributed by atoms with Crippen molar-refractivity contribution >= 4 is 57.6 Å². The van der Waals surface area contributed by atoms with Gasteiger partial charge in [0, 0.05) is 26.9 Å². The van der Waals surface area contributed by atoms with E-state index in [2.05, 4.69) is 15.6 Å². The standard InChI is InChI=1S/C16H11N3O2S3/c20-14-8-23-13-2-1-10(5-11(13)18-14)17-15(21)12-7-24-16(19-12)9-3-4-22-6-9/h1-7H,8H2,(H,17,21)(H,18,20). The summed E-state index contributed by atoms with van der Waals surface area (Å²) in [4.78, 5) is 29.2. The van der Waals surface area contributed by atoms with Crippen molar-refractivity contribution in [2.24, 2.45) is 0 Å². The average Bonchev–Trinajstić information content (AvgIpc) is 3.25. The fraction of sp³-hybridized carbons (Fsp3) is 0.0625. The number of thiazole rings is 1. The van der Waals surface area contributed by atoms with Gasteiger partial charge in [-0.2, -0.15) is 11.3 Å². The van der Waals surface area contributed by atoms with Gasteiger partial charge in [0.15, 0.2) is 0 Å². The Morgan fingerprint density at radius 3 is 3.00 bits per heavy atom. The first-order chi connectivity index (χ1) is 11.7. The molecule has 2 aromatic heterocycles. The molecule has 5 nitrogen and oxygen atoms in total. The lowest BCUT2D eigenvalue weighted by atomic mass is 10.2. The lowest BCUT2D eigenvalue weighted by Gasteiger charge is -2.17. The van der Waals surface area contributed by atoms with Gasteiger partial charge >= 0.3 is 0 Å². The topological polar surface area (TPSA) is 71.1 Å². The van der Waals surface area contributed by atoms with Crippen LogP contribution in [0.4, 0.5) is 11.4 Å². The molecule has 24 heavy (non-hydrogen) atoms. The molecule has 3 aromatic rings. The SMILES string of the molecule is O=C1CSc2ccc(NC(=O)c3csc(-c4ccsc4)n3)cc2N1. The van der Waals surface area contributed by atoms with Crippen molar-refractivity contribution in [2.75, 3.05) is 16.4 Å². The highest BCUT2D eigenvalue weighted by atomic mass is 32.2. The summed E-state index contributed by atoms with van der Waals surface area (Å²) in [6.45, 7) is 0. The number of rotatable bonds is 3. The molecule has 0 fully saturated rings. The minimum atomic E-state index is -0.262. The lowest BCUT2D eigenvalue weighted by molar-refractivity contribution is -0.113. The molecule has 0 saturated heterocycles. The van der Waals surface area contributed by atoms with Gasteiger partial charge in [0.2, 0.25) is 5.91 Å². The summed E-state index contributed by atoms with van der Waals surface area (Å²) in [5.41, 5.74) is 2.77. The zero-order valence-corrected chi connectivity index (χ0v) is 14.7. The molecule has 1 aliphatic rings. The average molecular weight is 373 g/mol. The predicted octanol–water partition coefficient (Wildman–Crippen LogP) is 4.17. The van der Waals surface area contributed by atoms with Crippen LogP contribution in [0.1, 0.15) is 10.5 Å². The zero-order chi connectivity index (χ0) is 16.5. The van der Waals surface area contributed by atoms with E-state index in [0.29, 0.717) is 17.1 Å². The third kappa shape index (κ3) is 3.08. The Morgan fingerprint density at radius 2 is 2.17 bits per heavy atom. The van der Waals surface area contributed by atoms with Crippen molar-refractivity contribution in [3.05, 3.63) is 46.1 Å². The molecule has 120 valence electrons. The Kier molecular flexibility index (Phi) is 4.09. The van der Waals surface area contributed by atoms with Crippen LogP contribution < -0.4 is 10.6 Å². The number of benzene rings is 1. The van der Waals surface area contributed by atoms with Crippen LogP contribution in [0.15, 0.2) is 45.3 Å². The van der Waals surface area contributed by atoms with E-state index >= 15 is 0 Å². The summed E-state index contributed by atoms with van der Waals surface area (Å²) in [7, 11) is 0. The number of thiophene rings is 1. The van der Waals surface area contributed by atoms with Gasteiger partial charge in [-0.05, 0) is 29.6 Å². The molecule has 1 aliphatic heterocycles.